The van der Waals surface area contributed by atoms with Crippen molar-refractivity contribution < 1.29 is 23.1 Å². The number of allylic oxidation sites excluding steroid dienone is 2. The molecule has 9 heteroatoms. The van der Waals surface area contributed by atoms with Crippen LogP contribution in [0.2, 0.25) is 0 Å². The number of aliphatic carboxylic acids is 1. The van der Waals surface area contributed by atoms with Crippen molar-refractivity contribution in [3.05, 3.63) is 59.1 Å². The number of carbonyl (C=O) groups is 2. The van der Waals surface area contributed by atoms with Crippen LogP contribution in [0.15, 0.2) is 53.4 Å². The zero-order valence-corrected chi connectivity index (χ0v) is 13.5. The number of pyridine rings is 1. The quantitative estimate of drug-likeness (QED) is 0.473. The van der Waals surface area contributed by atoms with Gasteiger partial charge in [-0.1, -0.05) is 6.07 Å². The Morgan fingerprint density at radius 1 is 1.44 bits per heavy atom. The van der Waals surface area contributed by atoms with Crippen LogP contribution in [0, 0.1) is 11.3 Å². The molecule has 1 fully saturated rings. The zero-order chi connectivity index (χ0) is 18.2. The lowest BCUT2D eigenvalue weighted by molar-refractivity contribution is -0.141. The molecular formula is C16H11N3O5S. The van der Waals surface area contributed by atoms with E-state index in [1.807, 2.05) is 0 Å². The van der Waals surface area contributed by atoms with Crippen LogP contribution in [-0.2, 0) is 19.4 Å². The Morgan fingerprint density at radius 3 is 2.80 bits per heavy atom. The van der Waals surface area contributed by atoms with E-state index in [-0.39, 0.29) is 11.1 Å². The van der Waals surface area contributed by atoms with Crippen LogP contribution in [0.1, 0.15) is 5.69 Å². The number of nitrogens with zero attached hydrogens (tertiary/aromatic N) is 3. The molecule has 0 bridgehead atoms. The molecule has 2 aliphatic heterocycles. The second-order valence-corrected chi connectivity index (χ2v) is 7.39. The molecule has 0 spiro atoms. The summed E-state index contributed by atoms with van der Waals surface area (Å²) in [7, 11) is -3.84. The van der Waals surface area contributed by atoms with E-state index in [1.54, 1.807) is 24.3 Å². The SMILES string of the molecule is N#C/C=C/C1=C(C(=O)O)N2C(=O)/C(=C/c3ccccn3)C2S(=O)(=O)C1. The minimum absolute atomic E-state index is 0.0271. The highest BCUT2D eigenvalue weighted by Crippen LogP contribution is 2.40. The first kappa shape index (κ1) is 16.6. The summed E-state index contributed by atoms with van der Waals surface area (Å²) in [5, 5.41) is 16.6. The van der Waals surface area contributed by atoms with Gasteiger partial charge < -0.3 is 5.11 Å². The Bertz CT molecular complexity index is 1000. The van der Waals surface area contributed by atoms with Gasteiger partial charge in [0, 0.05) is 12.3 Å². The van der Waals surface area contributed by atoms with Crippen LogP contribution in [0.25, 0.3) is 6.08 Å². The third-order valence-corrected chi connectivity index (χ3v) is 5.62. The number of fused-ring (bicyclic) bond motifs is 1. The third kappa shape index (κ3) is 2.72. The molecule has 126 valence electrons. The summed E-state index contributed by atoms with van der Waals surface area (Å²) in [5.74, 6) is -2.71. The number of β-lactam (4-membered cyclic amide) rings is 1. The molecule has 1 N–H and O–H groups in total. The number of amides is 1. The van der Waals surface area contributed by atoms with Gasteiger partial charge in [-0.3, -0.25) is 14.7 Å². The third-order valence-electron chi connectivity index (χ3n) is 3.76. The van der Waals surface area contributed by atoms with Gasteiger partial charge in [-0.05, 0) is 29.9 Å². The standard InChI is InChI=1S/C16H11N3O5S/c17-6-3-4-10-9-25(23,24)15-12(8-11-5-1-2-7-18-11)14(20)19(15)13(10)16(21)22/h1-5,7-8,15H,9H2,(H,21,22)/b4-3+,12-8-. The first-order valence-corrected chi connectivity index (χ1v) is 8.78. The molecule has 0 aromatic carbocycles. The minimum atomic E-state index is -3.84. The molecule has 1 aromatic rings. The molecule has 3 rings (SSSR count). The maximum Gasteiger partial charge on any atom is 0.352 e. The maximum absolute atomic E-state index is 12.5. The van der Waals surface area contributed by atoms with Crippen LogP contribution < -0.4 is 0 Å². The normalized spacial score (nSPS) is 23.3. The van der Waals surface area contributed by atoms with Crippen molar-refractivity contribution in [3.63, 3.8) is 0 Å². The van der Waals surface area contributed by atoms with E-state index in [2.05, 4.69) is 4.98 Å². The van der Waals surface area contributed by atoms with E-state index in [0.29, 0.717) is 5.69 Å². The molecule has 0 saturated carbocycles. The molecule has 1 aromatic heterocycles. The predicted octanol–water partition coefficient (Wildman–Crippen LogP) is 0.480. The molecule has 3 heterocycles. The highest BCUT2D eigenvalue weighted by molar-refractivity contribution is 7.92. The fourth-order valence-electron chi connectivity index (χ4n) is 2.77. The van der Waals surface area contributed by atoms with E-state index in [4.69, 9.17) is 5.26 Å². The highest BCUT2D eigenvalue weighted by Gasteiger charge is 2.56. The van der Waals surface area contributed by atoms with E-state index >= 15 is 0 Å². The zero-order valence-electron chi connectivity index (χ0n) is 12.7. The van der Waals surface area contributed by atoms with Crippen LogP contribution >= 0.6 is 0 Å². The number of carboxylic acid groups (broad SMARTS) is 1. The van der Waals surface area contributed by atoms with E-state index < -0.39 is 38.5 Å². The number of aromatic nitrogens is 1. The summed E-state index contributed by atoms with van der Waals surface area (Å²) in [5.41, 5.74) is -0.150. The van der Waals surface area contributed by atoms with Gasteiger partial charge in [0.15, 0.2) is 15.2 Å². The fourth-order valence-corrected chi connectivity index (χ4v) is 4.68. The second-order valence-electron chi connectivity index (χ2n) is 5.33. The van der Waals surface area contributed by atoms with E-state index in [0.717, 1.165) is 17.1 Å². The summed E-state index contributed by atoms with van der Waals surface area (Å²) < 4.78 is 25.1. The van der Waals surface area contributed by atoms with Crippen LogP contribution in [0.4, 0.5) is 0 Å². The van der Waals surface area contributed by atoms with Gasteiger partial charge in [0.25, 0.3) is 5.91 Å². The van der Waals surface area contributed by atoms with Gasteiger partial charge in [0.2, 0.25) is 0 Å². The summed E-state index contributed by atoms with van der Waals surface area (Å²) in [4.78, 5) is 28.7. The van der Waals surface area contributed by atoms with Gasteiger partial charge in [0.1, 0.15) is 5.70 Å². The maximum atomic E-state index is 12.5. The Morgan fingerprint density at radius 2 is 2.20 bits per heavy atom. The van der Waals surface area contributed by atoms with E-state index in [9.17, 15) is 23.1 Å². The minimum Gasteiger partial charge on any atom is -0.477 e. The average molecular weight is 357 g/mol. The Labute approximate surface area is 142 Å². The molecule has 1 unspecified atom stereocenters. The molecule has 1 saturated heterocycles. The van der Waals surface area contributed by atoms with Crippen molar-refractivity contribution in [2.45, 2.75) is 5.37 Å². The first-order valence-electron chi connectivity index (χ1n) is 7.07. The number of carboxylic acids is 1. The van der Waals surface area contributed by atoms with Gasteiger partial charge in [0.05, 0.1) is 23.1 Å². The lowest BCUT2D eigenvalue weighted by Gasteiger charge is -2.45. The molecule has 1 amide bonds. The summed E-state index contributed by atoms with van der Waals surface area (Å²) >= 11 is 0. The Hall–Kier alpha value is -3.25. The molecule has 0 radical (unpaired) electrons. The van der Waals surface area contributed by atoms with Crippen LogP contribution in [0.5, 0.6) is 0 Å². The topological polar surface area (TPSA) is 128 Å². The van der Waals surface area contributed by atoms with Gasteiger partial charge >= 0.3 is 5.97 Å². The number of carbonyl (C=O) groups excluding carboxylic acids is 1. The number of sulfone groups is 1. The van der Waals surface area contributed by atoms with Crippen molar-refractivity contribution in [2.24, 2.45) is 0 Å². The first-order chi connectivity index (χ1) is 11.9. The lowest BCUT2D eigenvalue weighted by atomic mass is 10.0. The largest absolute Gasteiger partial charge is 0.477 e. The molecule has 25 heavy (non-hydrogen) atoms. The predicted molar refractivity (Wildman–Crippen MR) is 86.0 cm³/mol. The van der Waals surface area contributed by atoms with Crippen molar-refractivity contribution in [2.75, 3.05) is 5.75 Å². The van der Waals surface area contributed by atoms with Crippen molar-refractivity contribution in [1.29, 1.82) is 5.26 Å². The molecular weight excluding hydrogens is 346 g/mol. The summed E-state index contributed by atoms with van der Waals surface area (Å²) in [6.45, 7) is 0. The van der Waals surface area contributed by atoms with Crippen LogP contribution in [-0.4, -0.2) is 46.4 Å². The highest BCUT2D eigenvalue weighted by atomic mass is 32.2. The number of rotatable bonds is 3. The monoisotopic (exact) mass is 357 g/mol. The fraction of sp³-hybridized carbons (Fsp3) is 0.125. The van der Waals surface area contributed by atoms with E-state index in [1.165, 1.54) is 12.3 Å². The van der Waals surface area contributed by atoms with Gasteiger partial charge in [-0.25, -0.2) is 13.2 Å². The lowest BCUT2D eigenvalue weighted by Crippen LogP contribution is -2.62. The van der Waals surface area contributed by atoms with Gasteiger partial charge in [-0.2, -0.15) is 5.26 Å². The van der Waals surface area contributed by atoms with Crippen molar-refractivity contribution in [3.8, 4) is 6.07 Å². The van der Waals surface area contributed by atoms with Gasteiger partial charge in [-0.15, -0.1) is 0 Å². The molecule has 8 nitrogen and oxygen atoms in total. The molecule has 1 atom stereocenters. The number of hydrogen-bond donors (Lipinski definition) is 1. The molecule has 0 aliphatic carbocycles. The Balaban J connectivity index is 2.12. The molecule has 2 aliphatic rings. The number of nitriles is 1. The number of hydrogen-bond acceptors (Lipinski definition) is 6. The van der Waals surface area contributed by atoms with Crippen molar-refractivity contribution in [1.82, 2.24) is 9.88 Å². The summed E-state index contributed by atoms with van der Waals surface area (Å²) in [6, 6.07) is 6.64. The Kier molecular flexibility index (Phi) is 3.98. The second kappa shape index (κ2) is 5.99. The van der Waals surface area contributed by atoms with Crippen LogP contribution in [0.3, 0.4) is 0 Å². The smallest absolute Gasteiger partial charge is 0.352 e. The summed E-state index contributed by atoms with van der Waals surface area (Å²) in [6.07, 6.45) is 4.92. The average Bonchev–Trinajstić information content (AvgIpc) is 2.57. The van der Waals surface area contributed by atoms with Crippen molar-refractivity contribution >= 4 is 27.8 Å².